The molecule has 0 radical (unpaired) electrons. The molecule has 1 fully saturated rings. The van der Waals surface area contributed by atoms with Crippen LogP contribution < -0.4 is 15.3 Å². The Morgan fingerprint density at radius 2 is 1.71 bits per heavy atom. The van der Waals surface area contributed by atoms with Gasteiger partial charge in [0.15, 0.2) is 11.6 Å². The van der Waals surface area contributed by atoms with Crippen LogP contribution in [0.2, 0.25) is 0 Å². The zero-order valence-electron chi connectivity index (χ0n) is 22.0. The molecular weight excluding hydrogens is 482 g/mol. The zero-order chi connectivity index (χ0) is 27.0. The Bertz CT molecular complexity index is 1540. The van der Waals surface area contributed by atoms with Crippen molar-refractivity contribution in [3.8, 4) is 22.9 Å². The SMILES string of the molecule is COc1cccc(-c2nn(C3CCN(c4cc(C(=O)c5cc(C)c(O)c(C)c5)cc(C)n4)CC3)c(=O)[nH]2)c1. The van der Waals surface area contributed by atoms with Gasteiger partial charge < -0.3 is 14.7 Å². The summed E-state index contributed by atoms with van der Waals surface area (Å²) in [5.74, 6) is 2.06. The van der Waals surface area contributed by atoms with Gasteiger partial charge in [-0.1, -0.05) is 12.1 Å². The largest absolute Gasteiger partial charge is 0.507 e. The molecule has 1 aliphatic rings. The number of ketones is 1. The van der Waals surface area contributed by atoms with Crippen molar-refractivity contribution in [3.63, 3.8) is 0 Å². The summed E-state index contributed by atoms with van der Waals surface area (Å²) in [4.78, 5) is 35.7. The van der Waals surface area contributed by atoms with Gasteiger partial charge in [-0.25, -0.2) is 14.5 Å². The fourth-order valence-corrected chi connectivity index (χ4v) is 5.02. The number of carbonyl (C=O) groups excluding carboxylic acids is 1. The Hall–Kier alpha value is -4.40. The van der Waals surface area contributed by atoms with E-state index in [0.717, 1.165) is 29.9 Å². The lowest BCUT2D eigenvalue weighted by molar-refractivity contribution is 0.103. The number of anilines is 1. The van der Waals surface area contributed by atoms with Gasteiger partial charge in [0.2, 0.25) is 0 Å². The van der Waals surface area contributed by atoms with Gasteiger partial charge in [0.1, 0.15) is 17.3 Å². The highest BCUT2D eigenvalue weighted by atomic mass is 16.5. The number of phenols is 1. The van der Waals surface area contributed by atoms with Crippen LogP contribution in [-0.4, -0.2) is 50.8 Å². The normalized spacial score (nSPS) is 14.1. The number of carbonyl (C=O) groups is 1. The number of hydrogen-bond acceptors (Lipinski definition) is 7. The van der Waals surface area contributed by atoms with Crippen molar-refractivity contribution < 1.29 is 14.6 Å². The van der Waals surface area contributed by atoms with E-state index in [1.807, 2.05) is 37.3 Å². The summed E-state index contributed by atoms with van der Waals surface area (Å²) in [5.41, 5.74) is 3.75. The fraction of sp³-hybridized carbons (Fsp3) is 0.310. The van der Waals surface area contributed by atoms with Gasteiger partial charge in [-0.3, -0.25) is 9.78 Å². The van der Waals surface area contributed by atoms with Crippen LogP contribution >= 0.6 is 0 Å². The number of aromatic amines is 1. The van der Waals surface area contributed by atoms with Gasteiger partial charge in [0, 0.05) is 35.5 Å². The van der Waals surface area contributed by atoms with E-state index in [4.69, 9.17) is 4.74 Å². The minimum atomic E-state index is -0.234. The molecule has 0 bridgehead atoms. The average Bonchev–Trinajstić information content (AvgIpc) is 3.32. The number of H-pyrrole nitrogens is 1. The molecule has 9 nitrogen and oxygen atoms in total. The van der Waals surface area contributed by atoms with Crippen LogP contribution in [0.4, 0.5) is 5.82 Å². The summed E-state index contributed by atoms with van der Waals surface area (Å²) in [6, 6.07) is 14.4. The number of ether oxygens (including phenoxy) is 1. The van der Waals surface area contributed by atoms with Gasteiger partial charge in [0.05, 0.1) is 13.2 Å². The molecular formula is C29H31N5O4. The van der Waals surface area contributed by atoms with Crippen LogP contribution in [0.1, 0.15) is 51.6 Å². The molecule has 5 rings (SSSR count). The molecule has 0 atom stereocenters. The monoisotopic (exact) mass is 513 g/mol. The van der Waals surface area contributed by atoms with Gasteiger partial charge in [-0.05, 0) is 81.1 Å². The van der Waals surface area contributed by atoms with Crippen LogP contribution in [0.15, 0.2) is 53.3 Å². The van der Waals surface area contributed by atoms with E-state index in [0.29, 0.717) is 46.9 Å². The third kappa shape index (κ3) is 4.91. The molecule has 38 heavy (non-hydrogen) atoms. The number of benzene rings is 2. The van der Waals surface area contributed by atoms with E-state index >= 15 is 0 Å². The first-order chi connectivity index (χ1) is 18.2. The minimum absolute atomic E-state index is 0.0387. The Kier molecular flexibility index (Phi) is 6.75. The van der Waals surface area contributed by atoms with E-state index in [-0.39, 0.29) is 23.3 Å². The number of hydrogen-bond donors (Lipinski definition) is 2. The number of aromatic nitrogens is 4. The molecule has 2 aromatic heterocycles. The number of aryl methyl sites for hydroxylation is 3. The van der Waals surface area contributed by atoms with Crippen LogP contribution in [0.3, 0.4) is 0 Å². The van der Waals surface area contributed by atoms with Crippen molar-refractivity contribution in [3.05, 3.63) is 87.0 Å². The maximum Gasteiger partial charge on any atom is 0.343 e. The molecule has 0 aliphatic carbocycles. The molecule has 196 valence electrons. The summed E-state index contributed by atoms with van der Waals surface area (Å²) in [5, 5.41) is 14.7. The number of rotatable bonds is 6. The standard InChI is InChI=1S/C29H31N5O4/c1-17-12-21(13-18(2)26(17)35)27(36)22-14-19(3)30-25(16-22)33-10-8-23(9-11-33)34-29(37)31-28(32-34)20-6-5-7-24(15-20)38-4/h5-7,12-16,23,35H,8-11H2,1-4H3,(H,31,32,37). The molecule has 2 aromatic carbocycles. The third-order valence-corrected chi connectivity index (χ3v) is 7.07. The summed E-state index contributed by atoms with van der Waals surface area (Å²) >= 11 is 0. The van der Waals surface area contributed by atoms with Crippen LogP contribution in [-0.2, 0) is 0 Å². The summed E-state index contributed by atoms with van der Waals surface area (Å²) in [7, 11) is 1.60. The molecule has 0 saturated carbocycles. The van der Waals surface area contributed by atoms with E-state index in [9.17, 15) is 14.7 Å². The highest BCUT2D eigenvalue weighted by Gasteiger charge is 2.25. The van der Waals surface area contributed by atoms with Gasteiger partial charge >= 0.3 is 5.69 Å². The number of nitrogens with zero attached hydrogens (tertiary/aromatic N) is 4. The molecule has 1 aliphatic heterocycles. The van der Waals surface area contributed by atoms with Crippen LogP contribution in [0.25, 0.3) is 11.4 Å². The minimum Gasteiger partial charge on any atom is -0.507 e. The van der Waals surface area contributed by atoms with E-state index in [1.54, 1.807) is 43.8 Å². The lowest BCUT2D eigenvalue weighted by Crippen LogP contribution is -2.38. The van der Waals surface area contributed by atoms with E-state index in [2.05, 4.69) is 20.0 Å². The molecule has 9 heteroatoms. The quantitative estimate of drug-likeness (QED) is 0.369. The van der Waals surface area contributed by atoms with Crippen molar-refractivity contribution in [1.29, 1.82) is 0 Å². The maximum atomic E-state index is 13.3. The van der Waals surface area contributed by atoms with Crippen molar-refractivity contribution >= 4 is 11.6 Å². The second-order valence-corrected chi connectivity index (χ2v) is 9.82. The molecule has 4 aromatic rings. The first-order valence-corrected chi connectivity index (χ1v) is 12.7. The fourth-order valence-electron chi connectivity index (χ4n) is 5.02. The lowest BCUT2D eigenvalue weighted by Gasteiger charge is -2.32. The maximum absolute atomic E-state index is 13.3. The molecule has 0 amide bonds. The summed E-state index contributed by atoms with van der Waals surface area (Å²) < 4.78 is 6.83. The molecule has 2 N–H and O–H groups in total. The molecule has 1 saturated heterocycles. The first-order valence-electron chi connectivity index (χ1n) is 12.7. The number of pyridine rings is 1. The Morgan fingerprint density at radius 1 is 1.03 bits per heavy atom. The smallest absolute Gasteiger partial charge is 0.343 e. The predicted octanol–water partition coefficient (Wildman–Crippen LogP) is 4.35. The molecule has 3 heterocycles. The van der Waals surface area contributed by atoms with Crippen molar-refractivity contribution in [2.45, 2.75) is 39.7 Å². The van der Waals surface area contributed by atoms with Gasteiger partial charge in [-0.15, -0.1) is 5.10 Å². The molecule has 0 spiro atoms. The number of methoxy groups -OCH3 is 1. The van der Waals surface area contributed by atoms with Crippen LogP contribution in [0.5, 0.6) is 11.5 Å². The first kappa shape index (κ1) is 25.3. The van der Waals surface area contributed by atoms with Gasteiger partial charge in [0.25, 0.3) is 0 Å². The van der Waals surface area contributed by atoms with E-state index < -0.39 is 0 Å². The highest BCUT2D eigenvalue weighted by molar-refractivity contribution is 6.09. The number of phenolic OH excluding ortho intramolecular Hbond substituents is 1. The zero-order valence-corrected chi connectivity index (χ0v) is 22.0. The summed E-state index contributed by atoms with van der Waals surface area (Å²) in [6.45, 7) is 6.82. The third-order valence-electron chi connectivity index (χ3n) is 7.07. The van der Waals surface area contributed by atoms with Crippen LogP contribution in [0, 0.1) is 20.8 Å². The number of aromatic hydroxyl groups is 1. The lowest BCUT2D eigenvalue weighted by atomic mass is 9.98. The molecule has 0 unspecified atom stereocenters. The van der Waals surface area contributed by atoms with Crippen molar-refractivity contribution in [2.24, 2.45) is 0 Å². The Morgan fingerprint density at radius 3 is 2.39 bits per heavy atom. The topological polar surface area (TPSA) is 113 Å². The summed E-state index contributed by atoms with van der Waals surface area (Å²) in [6.07, 6.45) is 1.44. The highest BCUT2D eigenvalue weighted by Crippen LogP contribution is 2.28. The Labute approximate surface area is 220 Å². The van der Waals surface area contributed by atoms with Gasteiger partial charge in [-0.2, -0.15) is 0 Å². The number of piperidine rings is 1. The van der Waals surface area contributed by atoms with Crippen molar-refractivity contribution in [1.82, 2.24) is 19.7 Å². The van der Waals surface area contributed by atoms with Crippen molar-refractivity contribution in [2.75, 3.05) is 25.1 Å². The predicted molar refractivity (Wildman–Crippen MR) is 145 cm³/mol. The average molecular weight is 514 g/mol. The Balaban J connectivity index is 1.32. The second kappa shape index (κ2) is 10.2. The van der Waals surface area contributed by atoms with E-state index in [1.165, 1.54) is 0 Å². The number of nitrogens with one attached hydrogen (secondary N) is 1. The second-order valence-electron chi connectivity index (χ2n) is 9.82.